The summed E-state index contributed by atoms with van der Waals surface area (Å²) in [6.07, 6.45) is 1.51. The predicted octanol–water partition coefficient (Wildman–Crippen LogP) is 2.64. The number of nitrogens with one attached hydrogen (secondary N) is 1. The third-order valence-electron chi connectivity index (χ3n) is 3.17. The van der Waals surface area contributed by atoms with Crippen molar-refractivity contribution in [3.63, 3.8) is 0 Å². The van der Waals surface area contributed by atoms with Gasteiger partial charge in [-0.05, 0) is 49.2 Å². The van der Waals surface area contributed by atoms with Crippen molar-refractivity contribution < 1.29 is 23.5 Å². The maximum absolute atomic E-state index is 11.6. The maximum atomic E-state index is 11.6. The van der Waals surface area contributed by atoms with Crippen LogP contribution in [0, 0.1) is 13.8 Å². The van der Waals surface area contributed by atoms with Crippen LogP contribution in [0.25, 0.3) is 0 Å². The molecular formula is C18H21NO5. The highest BCUT2D eigenvalue weighted by atomic mass is 16.6. The number of carbonyl (C=O) groups is 2. The lowest BCUT2D eigenvalue weighted by molar-refractivity contribution is -0.144. The van der Waals surface area contributed by atoms with Crippen molar-refractivity contribution in [2.75, 3.05) is 19.8 Å². The van der Waals surface area contributed by atoms with Gasteiger partial charge in [-0.3, -0.25) is 9.59 Å². The van der Waals surface area contributed by atoms with Crippen molar-refractivity contribution in [1.82, 2.24) is 5.32 Å². The standard InChI is InChI=1S/C18H21NO5/c1-13-10-14(2)12-15(11-13)22-8-9-24-17(20)5-6-19-18(21)16-4-3-7-23-16/h3-4,7,10-12H,5-6,8-9H2,1-2H3,(H,19,21). The van der Waals surface area contributed by atoms with Crippen LogP contribution in [0.4, 0.5) is 0 Å². The second-order valence-corrected chi connectivity index (χ2v) is 5.38. The number of ether oxygens (including phenoxy) is 2. The van der Waals surface area contributed by atoms with Crippen molar-refractivity contribution in [3.8, 4) is 5.75 Å². The van der Waals surface area contributed by atoms with E-state index >= 15 is 0 Å². The molecule has 0 saturated carbocycles. The molecule has 0 radical (unpaired) electrons. The summed E-state index contributed by atoms with van der Waals surface area (Å²) < 4.78 is 15.6. The Morgan fingerprint density at radius 2 is 1.88 bits per heavy atom. The van der Waals surface area contributed by atoms with Gasteiger partial charge in [0, 0.05) is 6.54 Å². The van der Waals surface area contributed by atoms with E-state index in [1.807, 2.05) is 26.0 Å². The van der Waals surface area contributed by atoms with Crippen LogP contribution < -0.4 is 10.1 Å². The largest absolute Gasteiger partial charge is 0.490 e. The van der Waals surface area contributed by atoms with E-state index in [2.05, 4.69) is 11.4 Å². The molecule has 0 aliphatic heterocycles. The van der Waals surface area contributed by atoms with Gasteiger partial charge < -0.3 is 19.2 Å². The van der Waals surface area contributed by atoms with Crippen LogP contribution in [0.15, 0.2) is 41.0 Å². The molecule has 6 nitrogen and oxygen atoms in total. The predicted molar refractivity (Wildman–Crippen MR) is 88.0 cm³/mol. The monoisotopic (exact) mass is 331 g/mol. The second kappa shape index (κ2) is 8.76. The van der Waals surface area contributed by atoms with Gasteiger partial charge in [0.05, 0.1) is 12.7 Å². The first-order valence-corrected chi connectivity index (χ1v) is 7.73. The zero-order valence-corrected chi connectivity index (χ0v) is 13.8. The Balaban J connectivity index is 1.59. The van der Waals surface area contributed by atoms with Gasteiger partial charge in [-0.15, -0.1) is 0 Å². The van der Waals surface area contributed by atoms with Crippen molar-refractivity contribution in [2.45, 2.75) is 20.3 Å². The van der Waals surface area contributed by atoms with Gasteiger partial charge in [-0.1, -0.05) is 6.07 Å². The Kier molecular flexibility index (Phi) is 6.42. The van der Waals surface area contributed by atoms with E-state index in [0.717, 1.165) is 16.9 Å². The first kappa shape index (κ1) is 17.6. The van der Waals surface area contributed by atoms with E-state index in [4.69, 9.17) is 13.9 Å². The minimum absolute atomic E-state index is 0.0933. The summed E-state index contributed by atoms with van der Waals surface area (Å²) in [5.41, 5.74) is 2.24. The number of furan rings is 1. The number of hydrogen-bond donors (Lipinski definition) is 1. The fourth-order valence-corrected chi connectivity index (χ4v) is 2.18. The van der Waals surface area contributed by atoms with E-state index in [0.29, 0.717) is 0 Å². The molecule has 0 aliphatic rings. The lowest BCUT2D eigenvalue weighted by atomic mass is 10.1. The molecule has 24 heavy (non-hydrogen) atoms. The van der Waals surface area contributed by atoms with Gasteiger partial charge >= 0.3 is 5.97 Å². The summed E-state index contributed by atoms with van der Waals surface area (Å²) in [5, 5.41) is 2.58. The number of carbonyl (C=O) groups excluding carboxylic acids is 2. The van der Waals surface area contributed by atoms with Crippen molar-refractivity contribution in [1.29, 1.82) is 0 Å². The molecule has 2 rings (SSSR count). The van der Waals surface area contributed by atoms with Gasteiger partial charge in [0.1, 0.15) is 19.0 Å². The number of benzene rings is 1. The summed E-state index contributed by atoms with van der Waals surface area (Å²) in [6, 6.07) is 9.10. The summed E-state index contributed by atoms with van der Waals surface area (Å²) in [4.78, 5) is 23.2. The average Bonchev–Trinajstić information content (AvgIpc) is 3.05. The first-order chi connectivity index (χ1) is 11.5. The molecule has 0 unspecified atom stereocenters. The quantitative estimate of drug-likeness (QED) is 0.594. The van der Waals surface area contributed by atoms with Gasteiger partial charge in [0.2, 0.25) is 0 Å². The van der Waals surface area contributed by atoms with E-state index in [1.54, 1.807) is 12.1 Å². The summed E-state index contributed by atoms with van der Waals surface area (Å²) in [6.45, 7) is 4.63. The molecule has 0 bridgehead atoms. The average molecular weight is 331 g/mol. The van der Waals surface area contributed by atoms with Crippen LogP contribution in [0.1, 0.15) is 28.1 Å². The summed E-state index contributed by atoms with van der Waals surface area (Å²) in [7, 11) is 0. The SMILES string of the molecule is Cc1cc(C)cc(OCCOC(=O)CCNC(=O)c2ccco2)c1. The van der Waals surface area contributed by atoms with Crippen LogP contribution in [0.2, 0.25) is 0 Å². The van der Waals surface area contributed by atoms with Crippen molar-refractivity contribution >= 4 is 11.9 Å². The summed E-state index contributed by atoms with van der Waals surface area (Å²) >= 11 is 0. The van der Waals surface area contributed by atoms with Crippen LogP contribution in [0.5, 0.6) is 5.75 Å². The van der Waals surface area contributed by atoms with E-state index in [9.17, 15) is 9.59 Å². The molecule has 1 heterocycles. The number of aryl methyl sites for hydroxylation is 2. The van der Waals surface area contributed by atoms with Gasteiger partial charge in [0.15, 0.2) is 5.76 Å². The summed E-state index contributed by atoms with van der Waals surface area (Å²) in [5.74, 6) is 0.226. The minimum atomic E-state index is -0.390. The highest BCUT2D eigenvalue weighted by Gasteiger charge is 2.09. The molecule has 2 aromatic rings. The molecule has 0 saturated heterocycles. The number of hydrogen-bond acceptors (Lipinski definition) is 5. The minimum Gasteiger partial charge on any atom is -0.490 e. The Hall–Kier alpha value is -2.76. The first-order valence-electron chi connectivity index (χ1n) is 7.73. The highest BCUT2D eigenvalue weighted by Crippen LogP contribution is 2.15. The Bertz CT molecular complexity index is 658. The smallest absolute Gasteiger partial charge is 0.307 e. The van der Waals surface area contributed by atoms with Crippen LogP contribution >= 0.6 is 0 Å². The van der Waals surface area contributed by atoms with E-state index < -0.39 is 5.97 Å². The zero-order chi connectivity index (χ0) is 17.4. The van der Waals surface area contributed by atoms with Crippen LogP contribution in [-0.4, -0.2) is 31.6 Å². The zero-order valence-electron chi connectivity index (χ0n) is 13.8. The van der Waals surface area contributed by atoms with Gasteiger partial charge in [-0.2, -0.15) is 0 Å². The molecule has 1 amide bonds. The molecule has 128 valence electrons. The highest BCUT2D eigenvalue weighted by molar-refractivity contribution is 5.91. The molecular weight excluding hydrogens is 310 g/mol. The number of amides is 1. The third kappa shape index (κ3) is 5.79. The third-order valence-corrected chi connectivity index (χ3v) is 3.17. The van der Waals surface area contributed by atoms with Gasteiger partial charge in [-0.25, -0.2) is 0 Å². The fourth-order valence-electron chi connectivity index (χ4n) is 2.18. The van der Waals surface area contributed by atoms with E-state index in [-0.39, 0.29) is 37.8 Å². The van der Waals surface area contributed by atoms with Crippen molar-refractivity contribution in [3.05, 3.63) is 53.5 Å². The second-order valence-electron chi connectivity index (χ2n) is 5.38. The normalized spacial score (nSPS) is 10.2. The van der Waals surface area contributed by atoms with Gasteiger partial charge in [0.25, 0.3) is 5.91 Å². The Morgan fingerprint density at radius 3 is 2.54 bits per heavy atom. The molecule has 1 aromatic heterocycles. The lowest BCUT2D eigenvalue weighted by Crippen LogP contribution is -2.26. The Labute approximate surface area is 140 Å². The van der Waals surface area contributed by atoms with E-state index in [1.165, 1.54) is 6.26 Å². The topological polar surface area (TPSA) is 77.8 Å². The number of rotatable bonds is 8. The van der Waals surface area contributed by atoms with Crippen LogP contribution in [0.3, 0.4) is 0 Å². The molecule has 0 spiro atoms. The molecule has 0 fully saturated rings. The Morgan fingerprint density at radius 1 is 1.12 bits per heavy atom. The molecule has 1 aromatic carbocycles. The lowest BCUT2D eigenvalue weighted by Gasteiger charge is -2.09. The van der Waals surface area contributed by atoms with Crippen LogP contribution in [-0.2, 0) is 9.53 Å². The molecule has 0 atom stereocenters. The van der Waals surface area contributed by atoms with Crippen molar-refractivity contribution in [2.24, 2.45) is 0 Å². The maximum Gasteiger partial charge on any atom is 0.307 e. The molecule has 1 N–H and O–H groups in total. The molecule has 6 heteroatoms. The number of esters is 1. The molecule has 0 aliphatic carbocycles. The fraction of sp³-hybridized carbons (Fsp3) is 0.333.